The van der Waals surface area contributed by atoms with Gasteiger partial charge in [0.1, 0.15) is 5.69 Å². The number of nitrogens with one attached hydrogen (secondary N) is 2. The lowest BCUT2D eigenvalue weighted by Crippen LogP contribution is -2.41. The molecule has 0 aliphatic carbocycles. The summed E-state index contributed by atoms with van der Waals surface area (Å²) in [5, 5.41) is 19.8. The van der Waals surface area contributed by atoms with E-state index in [1.54, 1.807) is 6.92 Å². The summed E-state index contributed by atoms with van der Waals surface area (Å²) < 4.78 is 4.92. The van der Waals surface area contributed by atoms with Gasteiger partial charge in [-0.15, -0.1) is 0 Å². The maximum absolute atomic E-state index is 13.1. The number of ether oxygens (including phenoxy) is 1. The molecule has 4 rings (SSSR count). The van der Waals surface area contributed by atoms with Gasteiger partial charge in [0.15, 0.2) is 11.8 Å². The van der Waals surface area contributed by atoms with Gasteiger partial charge in [-0.25, -0.2) is 4.79 Å². The van der Waals surface area contributed by atoms with Crippen LogP contribution >= 0.6 is 0 Å². The lowest BCUT2D eigenvalue weighted by atomic mass is 9.97. The molecule has 1 fully saturated rings. The normalized spacial score (nSPS) is 16.2. The fourth-order valence-electron chi connectivity index (χ4n) is 4.70. The SMILES string of the molecule is CCOC(=O)[C@H](O)C[C@@H](Cc1ccc(-c2ccccc2)cc1)NC(=O)c1cc(C(=O)N2CCC(C(N)=O)C2)n[nH]1. The molecule has 40 heavy (non-hydrogen) atoms. The van der Waals surface area contributed by atoms with E-state index in [1.165, 1.54) is 11.0 Å². The first-order valence-corrected chi connectivity index (χ1v) is 13.2. The van der Waals surface area contributed by atoms with Gasteiger partial charge in [-0.1, -0.05) is 54.6 Å². The van der Waals surface area contributed by atoms with Crippen molar-refractivity contribution in [3.05, 3.63) is 77.6 Å². The first kappa shape index (κ1) is 28.5. The minimum Gasteiger partial charge on any atom is -0.464 e. The molecule has 1 unspecified atom stereocenters. The molecular formula is C29H33N5O6. The van der Waals surface area contributed by atoms with Gasteiger partial charge >= 0.3 is 5.97 Å². The Morgan fingerprint density at radius 2 is 1.82 bits per heavy atom. The van der Waals surface area contributed by atoms with Crippen LogP contribution in [0.2, 0.25) is 0 Å². The molecule has 3 aromatic rings. The van der Waals surface area contributed by atoms with Crippen molar-refractivity contribution in [1.82, 2.24) is 20.4 Å². The van der Waals surface area contributed by atoms with E-state index in [-0.39, 0.29) is 31.0 Å². The van der Waals surface area contributed by atoms with Gasteiger partial charge in [0.25, 0.3) is 11.8 Å². The largest absolute Gasteiger partial charge is 0.464 e. The van der Waals surface area contributed by atoms with Crippen molar-refractivity contribution < 1.29 is 29.0 Å². The molecule has 0 radical (unpaired) electrons. The summed E-state index contributed by atoms with van der Waals surface area (Å²) in [5.74, 6) is -2.59. The number of hydrogen-bond acceptors (Lipinski definition) is 7. The monoisotopic (exact) mass is 547 g/mol. The number of nitrogens with two attached hydrogens (primary N) is 1. The molecule has 3 amide bonds. The van der Waals surface area contributed by atoms with Crippen LogP contribution in [-0.2, 0) is 20.7 Å². The summed E-state index contributed by atoms with van der Waals surface area (Å²) in [6, 6.07) is 18.4. The number of esters is 1. The van der Waals surface area contributed by atoms with Crippen molar-refractivity contribution in [2.75, 3.05) is 19.7 Å². The predicted octanol–water partition coefficient (Wildman–Crippen LogP) is 1.68. The Bertz CT molecular complexity index is 1340. The molecule has 2 aromatic carbocycles. The van der Waals surface area contributed by atoms with E-state index in [2.05, 4.69) is 15.5 Å². The topological polar surface area (TPSA) is 168 Å². The van der Waals surface area contributed by atoms with Gasteiger partial charge in [-0.2, -0.15) is 5.10 Å². The quantitative estimate of drug-likeness (QED) is 0.265. The lowest BCUT2D eigenvalue weighted by molar-refractivity contribution is -0.153. The maximum atomic E-state index is 13.1. The number of benzene rings is 2. The minimum absolute atomic E-state index is 0.0369. The standard InChI is InChI=1S/C29H33N5O6/c1-2-40-29(39)25(35)15-22(14-18-8-10-20(11-9-18)19-6-4-3-5-7-19)31-27(37)23-16-24(33-32-23)28(38)34-13-12-21(17-34)26(30)36/h3-11,16,21-22,25,35H,2,12-15,17H2,1H3,(H2,30,36)(H,31,37)(H,32,33)/t21?,22-,25-/m1/s1. The van der Waals surface area contributed by atoms with Crippen LogP contribution in [0.4, 0.5) is 0 Å². The number of amides is 3. The van der Waals surface area contributed by atoms with Gasteiger partial charge in [-0.05, 0) is 36.5 Å². The predicted molar refractivity (Wildman–Crippen MR) is 146 cm³/mol. The third kappa shape index (κ3) is 7.11. The number of aliphatic hydroxyl groups is 1. The van der Waals surface area contributed by atoms with Crippen molar-refractivity contribution in [3.8, 4) is 11.1 Å². The first-order chi connectivity index (χ1) is 19.2. The van der Waals surface area contributed by atoms with Crippen LogP contribution in [0.15, 0.2) is 60.7 Å². The second kappa shape index (κ2) is 13.0. The average molecular weight is 548 g/mol. The molecule has 1 aliphatic rings. The second-order valence-corrected chi connectivity index (χ2v) is 9.75. The van der Waals surface area contributed by atoms with Crippen LogP contribution in [0.25, 0.3) is 11.1 Å². The van der Waals surface area contributed by atoms with Gasteiger partial charge in [0.2, 0.25) is 5.91 Å². The van der Waals surface area contributed by atoms with E-state index in [0.717, 1.165) is 16.7 Å². The molecule has 3 atom stereocenters. The Labute approximate surface area is 231 Å². The number of H-pyrrole nitrogens is 1. The summed E-state index contributed by atoms with van der Waals surface area (Å²) >= 11 is 0. The maximum Gasteiger partial charge on any atom is 0.335 e. The van der Waals surface area contributed by atoms with Crippen molar-refractivity contribution in [2.24, 2.45) is 11.7 Å². The van der Waals surface area contributed by atoms with E-state index in [4.69, 9.17) is 10.5 Å². The van der Waals surface area contributed by atoms with Crippen LogP contribution in [0.3, 0.4) is 0 Å². The number of hydrogen-bond donors (Lipinski definition) is 4. The van der Waals surface area contributed by atoms with Gasteiger partial charge < -0.3 is 25.8 Å². The zero-order valence-electron chi connectivity index (χ0n) is 22.2. The van der Waals surface area contributed by atoms with Gasteiger partial charge in [0, 0.05) is 31.6 Å². The second-order valence-electron chi connectivity index (χ2n) is 9.75. The minimum atomic E-state index is -1.43. The molecule has 210 valence electrons. The number of aliphatic hydroxyl groups excluding tert-OH is 1. The van der Waals surface area contributed by atoms with Crippen LogP contribution in [0.1, 0.15) is 46.3 Å². The summed E-state index contributed by atoms with van der Waals surface area (Å²) in [4.78, 5) is 50.9. The van der Waals surface area contributed by atoms with Gasteiger partial charge in [0.05, 0.1) is 12.5 Å². The fraction of sp³-hybridized carbons (Fsp3) is 0.345. The molecule has 11 heteroatoms. The highest BCUT2D eigenvalue weighted by molar-refractivity contribution is 5.98. The summed E-state index contributed by atoms with van der Waals surface area (Å²) in [6.45, 7) is 2.35. The number of primary amides is 1. The molecular weight excluding hydrogens is 514 g/mol. The molecule has 1 aromatic heterocycles. The zero-order valence-corrected chi connectivity index (χ0v) is 22.2. The Morgan fingerprint density at radius 1 is 1.12 bits per heavy atom. The third-order valence-corrected chi connectivity index (χ3v) is 6.86. The Balaban J connectivity index is 1.45. The molecule has 2 heterocycles. The van der Waals surface area contributed by atoms with Crippen molar-refractivity contribution >= 4 is 23.7 Å². The average Bonchev–Trinajstić information content (AvgIpc) is 3.65. The molecule has 5 N–H and O–H groups in total. The van der Waals surface area contributed by atoms with E-state index in [1.807, 2.05) is 54.6 Å². The highest BCUT2D eigenvalue weighted by Gasteiger charge is 2.32. The number of likely N-dealkylation sites (tertiary alicyclic amines) is 1. The smallest absolute Gasteiger partial charge is 0.335 e. The van der Waals surface area contributed by atoms with E-state index < -0.39 is 41.8 Å². The molecule has 0 spiro atoms. The zero-order chi connectivity index (χ0) is 28.6. The summed E-state index contributed by atoms with van der Waals surface area (Å²) in [6.07, 6.45) is -0.691. The van der Waals surface area contributed by atoms with E-state index >= 15 is 0 Å². The molecule has 1 aliphatic heterocycles. The highest BCUT2D eigenvalue weighted by Crippen LogP contribution is 2.21. The molecule has 0 saturated carbocycles. The molecule has 0 bridgehead atoms. The van der Waals surface area contributed by atoms with Crippen LogP contribution in [0.5, 0.6) is 0 Å². The Morgan fingerprint density at radius 3 is 2.48 bits per heavy atom. The van der Waals surface area contributed by atoms with Crippen LogP contribution < -0.4 is 11.1 Å². The number of carbonyl (C=O) groups is 4. The molecule has 1 saturated heterocycles. The van der Waals surface area contributed by atoms with Crippen LogP contribution in [0, 0.1) is 5.92 Å². The highest BCUT2D eigenvalue weighted by atomic mass is 16.5. The fourth-order valence-corrected chi connectivity index (χ4v) is 4.70. The van der Waals surface area contributed by atoms with E-state index in [0.29, 0.717) is 19.4 Å². The lowest BCUT2D eigenvalue weighted by Gasteiger charge is -2.21. The molecule has 11 nitrogen and oxygen atoms in total. The van der Waals surface area contributed by atoms with Crippen molar-refractivity contribution in [1.29, 1.82) is 0 Å². The van der Waals surface area contributed by atoms with E-state index in [9.17, 15) is 24.3 Å². The van der Waals surface area contributed by atoms with Crippen molar-refractivity contribution in [3.63, 3.8) is 0 Å². The Hall–Kier alpha value is -4.51. The Kier molecular flexibility index (Phi) is 9.28. The third-order valence-electron chi connectivity index (χ3n) is 6.86. The van der Waals surface area contributed by atoms with Crippen molar-refractivity contribution in [2.45, 2.75) is 38.3 Å². The summed E-state index contributed by atoms with van der Waals surface area (Å²) in [7, 11) is 0. The number of aromatic amines is 1. The number of nitrogens with zero attached hydrogens (tertiary/aromatic N) is 2. The number of carbonyl (C=O) groups excluding carboxylic acids is 4. The summed E-state index contributed by atoms with van der Waals surface area (Å²) in [5.41, 5.74) is 8.42. The van der Waals surface area contributed by atoms with Crippen LogP contribution in [-0.4, -0.2) is 75.7 Å². The number of aromatic nitrogens is 2. The first-order valence-electron chi connectivity index (χ1n) is 13.2. The number of rotatable bonds is 11. The van der Waals surface area contributed by atoms with Gasteiger partial charge in [-0.3, -0.25) is 19.5 Å².